The van der Waals surface area contributed by atoms with E-state index in [1.165, 1.54) is 16.5 Å². The first kappa shape index (κ1) is 17.8. The van der Waals surface area contributed by atoms with Crippen LogP contribution in [0.3, 0.4) is 0 Å². The number of ether oxygens (including phenoxy) is 2. The van der Waals surface area contributed by atoms with Gasteiger partial charge in [-0.2, -0.15) is 0 Å². The molecule has 132 valence electrons. The molecular formula is C20H23BrN2O2. The first-order valence-corrected chi connectivity index (χ1v) is 9.27. The third-order valence-corrected chi connectivity index (χ3v) is 4.93. The maximum absolute atomic E-state index is 5.60. The summed E-state index contributed by atoms with van der Waals surface area (Å²) >= 11 is 3.62. The molecular weight excluding hydrogens is 380 g/mol. The number of aromatic nitrogens is 1. The Labute approximate surface area is 156 Å². The highest BCUT2D eigenvalue weighted by atomic mass is 79.9. The van der Waals surface area contributed by atoms with E-state index < -0.39 is 0 Å². The number of methoxy groups -OCH3 is 1. The summed E-state index contributed by atoms with van der Waals surface area (Å²) in [5, 5.41) is 4.81. The van der Waals surface area contributed by atoms with Crippen molar-refractivity contribution in [2.24, 2.45) is 0 Å². The largest absolute Gasteiger partial charge is 0.493 e. The number of para-hydroxylation sites is 1. The van der Waals surface area contributed by atoms with Crippen molar-refractivity contribution in [2.45, 2.75) is 19.9 Å². The fourth-order valence-electron chi connectivity index (χ4n) is 2.93. The highest BCUT2D eigenvalue weighted by molar-refractivity contribution is 9.10. The highest BCUT2D eigenvalue weighted by Crippen LogP contribution is 2.33. The van der Waals surface area contributed by atoms with E-state index in [0.717, 1.165) is 41.0 Å². The second-order valence-corrected chi connectivity index (χ2v) is 6.67. The molecule has 0 unspecified atom stereocenters. The zero-order valence-corrected chi connectivity index (χ0v) is 16.2. The van der Waals surface area contributed by atoms with Crippen LogP contribution in [0, 0.1) is 0 Å². The Morgan fingerprint density at radius 1 is 1.12 bits per heavy atom. The topological polar surface area (TPSA) is 46.3 Å². The molecule has 25 heavy (non-hydrogen) atoms. The molecule has 0 saturated carbocycles. The van der Waals surface area contributed by atoms with Crippen LogP contribution in [0.5, 0.6) is 11.5 Å². The molecule has 0 aliphatic rings. The predicted molar refractivity (Wildman–Crippen MR) is 106 cm³/mol. The van der Waals surface area contributed by atoms with Gasteiger partial charge in [-0.1, -0.05) is 34.1 Å². The van der Waals surface area contributed by atoms with Gasteiger partial charge in [0.25, 0.3) is 0 Å². The van der Waals surface area contributed by atoms with Crippen LogP contribution in [0.1, 0.15) is 18.1 Å². The van der Waals surface area contributed by atoms with Crippen LogP contribution in [0.2, 0.25) is 0 Å². The van der Waals surface area contributed by atoms with Gasteiger partial charge in [-0.25, -0.2) is 0 Å². The van der Waals surface area contributed by atoms with E-state index in [1.54, 1.807) is 7.11 Å². The summed E-state index contributed by atoms with van der Waals surface area (Å²) in [6, 6.07) is 12.4. The van der Waals surface area contributed by atoms with Crippen LogP contribution in [-0.2, 0) is 13.0 Å². The van der Waals surface area contributed by atoms with Crippen LogP contribution in [0.4, 0.5) is 0 Å². The van der Waals surface area contributed by atoms with Crippen LogP contribution < -0.4 is 14.8 Å². The molecule has 3 aromatic rings. The quantitative estimate of drug-likeness (QED) is 0.538. The Balaban J connectivity index is 1.60. The molecule has 4 nitrogen and oxygen atoms in total. The first-order valence-electron chi connectivity index (χ1n) is 8.47. The summed E-state index contributed by atoms with van der Waals surface area (Å²) in [4.78, 5) is 3.32. The Bertz CT molecular complexity index is 845. The molecule has 0 saturated heterocycles. The number of H-pyrrole nitrogens is 1. The molecule has 2 aromatic carbocycles. The van der Waals surface area contributed by atoms with Gasteiger partial charge < -0.3 is 19.8 Å². The van der Waals surface area contributed by atoms with E-state index >= 15 is 0 Å². The maximum Gasteiger partial charge on any atom is 0.162 e. The standard InChI is InChI=1S/C20H23BrN2O2/c1-3-25-20-11-17(21)15(10-19(20)24-2)12-22-9-8-14-13-23-18-7-5-4-6-16(14)18/h4-7,10-11,13,22-23H,3,8-9,12H2,1-2H3. The molecule has 0 aliphatic heterocycles. The fraction of sp³-hybridized carbons (Fsp3) is 0.300. The minimum Gasteiger partial charge on any atom is -0.493 e. The number of aromatic amines is 1. The van der Waals surface area contributed by atoms with Gasteiger partial charge in [-0.15, -0.1) is 0 Å². The number of hydrogen-bond acceptors (Lipinski definition) is 3. The highest BCUT2D eigenvalue weighted by Gasteiger charge is 2.10. The second kappa shape index (κ2) is 8.41. The zero-order valence-electron chi connectivity index (χ0n) is 14.6. The predicted octanol–water partition coefficient (Wildman–Crippen LogP) is 4.67. The normalized spacial score (nSPS) is 11.0. The average Bonchev–Trinajstić information content (AvgIpc) is 3.04. The summed E-state index contributed by atoms with van der Waals surface area (Å²) in [5.74, 6) is 1.53. The minimum atomic E-state index is 0.616. The number of rotatable bonds is 8. The lowest BCUT2D eigenvalue weighted by molar-refractivity contribution is 0.310. The SMILES string of the molecule is CCOc1cc(Br)c(CNCCc2c[nH]c3ccccc23)cc1OC. The number of fused-ring (bicyclic) bond motifs is 1. The third kappa shape index (κ3) is 4.17. The molecule has 1 aromatic heterocycles. The number of nitrogens with one attached hydrogen (secondary N) is 2. The van der Waals surface area contributed by atoms with E-state index in [2.05, 4.69) is 56.7 Å². The van der Waals surface area contributed by atoms with Crippen molar-refractivity contribution in [1.29, 1.82) is 0 Å². The van der Waals surface area contributed by atoms with E-state index in [-0.39, 0.29) is 0 Å². The van der Waals surface area contributed by atoms with Gasteiger partial charge in [0.2, 0.25) is 0 Å². The van der Waals surface area contributed by atoms with E-state index in [1.807, 2.05) is 19.1 Å². The van der Waals surface area contributed by atoms with Crippen LogP contribution in [0.15, 0.2) is 47.1 Å². The summed E-state index contributed by atoms with van der Waals surface area (Å²) in [6.07, 6.45) is 3.08. The molecule has 5 heteroatoms. The fourth-order valence-corrected chi connectivity index (χ4v) is 3.39. The molecule has 3 rings (SSSR count). The van der Waals surface area contributed by atoms with Crippen molar-refractivity contribution in [2.75, 3.05) is 20.3 Å². The van der Waals surface area contributed by atoms with Crippen LogP contribution >= 0.6 is 15.9 Å². The molecule has 2 N–H and O–H groups in total. The van der Waals surface area contributed by atoms with Gasteiger partial charge in [0.05, 0.1) is 13.7 Å². The van der Waals surface area contributed by atoms with Gasteiger partial charge in [0.15, 0.2) is 11.5 Å². The molecule has 0 aliphatic carbocycles. The van der Waals surface area contributed by atoms with Crippen LogP contribution in [0.25, 0.3) is 10.9 Å². The Morgan fingerprint density at radius 3 is 2.76 bits per heavy atom. The minimum absolute atomic E-state index is 0.616. The monoisotopic (exact) mass is 402 g/mol. The van der Waals surface area contributed by atoms with Gasteiger partial charge in [0.1, 0.15) is 0 Å². The molecule has 0 atom stereocenters. The summed E-state index contributed by atoms with van der Waals surface area (Å²) < 4.78 is 12.1. The lowest BCUT2D eigenvalue weighted by Crippen LogP contribution is -2.17. The molecule has 0 amide bonds. The van der Waals surface area contributed by atoms with Crippen molar-refractivity contribution in [3.8, 4) is 11.5 Å². The lowest BCUT2D eigenvalue weighted by atomic mass is 10.1. The van der Waals surface area contributed by atoms with Gasteiger partial charge in [-0.3, -0.25) is 0 Å². The average molecular weight is 403 g/mol. The molecule has 0 spiro atoms. The van der Waals surface area contributed by atoms with Gasteiger partial charge in [-0.05, 0) is 49.2 Å². The Morgan fingerprint density at radius 2 is 1.96 bits per heavy atom. The van der Waals surface area contributed by atoms with Crippen molar-refractivity contribution < 1.29 is 9.47 Å². The van der Waals surface area contributed by atoms with Crippen molar-refractivity contribution in [3.05, 3.63) is 58.2 Å². The van der Waals surface area contributed by atoms with Crippen LogP contribution in [-0.4, -0.2) is 25.2 Å². The van der Waals surface area contributed by atoms with Gasteiger partial charge in [0, 0.05) is 28.1 Å². The number of halogens is 1. The van der Waals surface area contributed by atoms with E-state index in [0.29, 0.717) is 6.61 Å². The van der Waals surface area contributed by atoms with E-state index in [9.17, 15) is 0 Å². The molecule has 0 radical (unpaired) electrons. The summed E-state index contributed by atoms with van der Waals surface area (Å²) in [7, 11) is 1.67. The smallest absolute Gasteiger partial charge is 0.162 e. The molecule has 0 bridgehead atoms. The summed E-state index contributed by atoms with van der Waals surface area (Å²) in [5.41, 5.74) is 3.68. The third-order valence-electron chi connectivity index (χ3n) is 4.19. The summed E-state index contributed by atoms with van der Waals surface area (Å²) in [6.45, 7) is 4.26. The van der Waals surface area contributed by atoms with E-state index in [4.69, 9.17) is 9.47 Å². The van der Waals surface area contributed by atoms with Crippen molar-refractivity contribution in [3.63, 3.8) is 0 Å². The molecule has 0 fully saturated rings. The first-order chi connectivity index (χ1) is 12.2. The molecule has 1 heterocycles. The Hall–Kier alpha value is -1.98. The number of benzene rings is 2. The maximum atomic E-state index is 5.60. The zero-order chi connectivity index (χ0) is 17.6. The van der Waals surface area contributed by atoms with Gasteiger partial charge >= 0.3 is 0 Å². The lowest BCUT2D eigenvalue weighted by Gasteiger charge is -2.13. The number of hydrogen-bond donors (Lipinski definition) is 2. The van der Waals surface area contributed by atoms with Crippen molar-refractivity contribution >= 4 is 26.8 Å². The second-order valence-electron chi connectivity index (χ2n) is 5.81. The van der Waals surface area contributed by atoms with Crippen molar-refractivity contribution in [1.82, 2.24) is 10.3 Å². The Kier molecular flexibility index (Phi) is 6.00.